The first-order chi connectivity index (χ1) is 20.3. The molecular formula is C37H23N3O. The number of hydrogen-bond donors (Lipinski definition) is 0. The Labute approximate surface area is 236 Å². The number of furan rings is 1. The van der Waals surface area contributed by atoms with Gasteiger partial charge in [0.05, 0.1) is 0 Å². The Morgan fingerprint density at radius 2 is 0.927 bits per heavy atom. The minimum Gasteiger partial charge on any atom is -0.456 e. The van der Waals surface area contributed by atoms with E-state index in [0.717, 1.165) is 55.0 Å². The molecule has 0 bridgehead atoms. The van der Waals surface area contributed by atoms with Gasteiger partial charge < -0.3 is 4.42 Å². The normalized spacial score (nSPS) is 11.4. The second-order valence-corrected chi connectivity index (χ2v) is 10.1. The molecule has 41 heavy (non-hydrogen) atoms. The van der Waals surface area contributed by atoms with Gasteiger partial charge in [0.15, 0.2) is 17.5 Å². The van der Waals surface area contributed by atoms with E-state index in [1.807, 2.05) is 36.4 Å². The van der Waals surface area contributed by atoms with E-state index in [9.17, 15) is 0 Å². The summed E-state index contributed by atoms with van der Waals surface area (Å²) in [7, 11) is 0. The first kappa shape index (κ1) is 23.3. The summed E-state index contributed by atoms with van der Waals surface area (Å²) in [5, 5.41) is 4.29. The smallest absolute Gasteiger partial charge is 0.164 e. The number of para-hydroxylation sites is 1. The van der Waals surface area contributed by atoms with Crippen molar-refractivity contribution in [2.24, 2.45) is 0 Å². The molecule has 0 saturated heterocycles. The maximum absolute atomic E-state index is 6.19. The number of nitrogens with zero attached hydrogens (tertiary/aromatic N) is 3. The van der Waals surface area contributed by atoms with Crippen molar-refractivity contribution < 1.29 is 4.42 Å². The molecule has 0 atom stereocenters. The lowest BCUT2D eigenvalue weighted by Gasteiger charge is -2.11. The van der Waals surface area contributed by atoms with Crippen LogP contribution in [0.5, 0.6) is 0 Å². The van der Waals surface area contributed by atoms with Crippen LogP contribution in [0.25, 0.3) is 78.0 Å². The molecule has 0 radical (unpaired) electrons. The van der Waals surface area contributed by atoms with E-state index in [1.54, 1.807) is 0 Å². The van der Waals surface area contributed by atoms with Gasteiger partial charge in [0, 0.05) is 27.5 Å². The van der Waals surface area contributed by atoms with Gasteiger partial charge in [-0.25, -0.2) is 15.0 Å². The summed E-state index contributed by atoms with van der Waals surface area (Å²) < 4.78 is 6.19. The third kappa shape index (κ3) is 4.05. The topological polar surface area (TPSA) is 51.8 Å². The third-order valence-electron chi connectivity index (χ3n) is 7.56. The van der Waals surface area contributed by atoms with Crippen LogP contribution in [0.4, 0.5) is 0 Å². The molecule has 0 aliphatic heterocycles. The number of aromatic nitrogens is 3. The van der Waals surface area contributed by atoms with E-state index in [2.05, 4.69) is 103 Å². The van der Waals surface area contributed by atoms with Gasteiger partial charge in [0.2, 0.25) is 0 Å². The zero-order valence-electron chi connectivity index (χ0n) is 22.0. The number of benzene rings is 6. The van der Waals surface area contributed by atoms with Crippen molar-refractivity contribution in [2.75, 3.05) is 0 Å². The van der Waals surface area contributed by atoms with E-state index in [1.165, 1.54) is 5.56 Å². The first-order valence-electron chi connectivity index (χ1n) is 13.6. The fourth-order valence-corrected chi connectivity index (χ4v) is 5.57. The van der Waals surface area contributed by atoms with Crippen LogP contribution >= 0.6 is 0 Å². The summed E-state index contributed by atoms with van der Waals surface area (Å²) in [5.74, 6) is 1.88. The Balaban J connectivity index is 1.37. The van der Waals surface area contributed by atoms with Crippen LogP contribution in [0.3, 0.4) is 0 Å². The van der Waals surface area contributed by atoms with E-state index < -0.39 is 0 Å². The number of hydrogen-bond acceptors (Lipinski definition) is 4. The molecular weight excluding hydrogens is 502 g/mol. The Morgan fingerprint density at radius 3 is 1.78 bits per heavy atom. The summed E-state index contributed by atoms with van der Waals surface area (Å²) in [6.45, 7) is 0. The molecule has 0 fully saturated rings. The molecule has 4 nitrogen and oxygen atoms in total. The average molecular weight is 526 g/mol. The maximum Gasteiger partial charge on any atom is 0.164 e. The molecule has 8 aromatic rings. The van der Waals surface area contributed by atoms with Gasteiger partial charge in [-0.05, 0) is 34.0 Å². The summed E-state index contributed by atoms with van der Waals surface area (Å²) in [6, 6.07) is 47.5. The van der Waals surface area contributed by atoms with E-state index in [0.29, 0.717) is 17.5 Å². The predicted octanol–water partition coefficient (Wildman–Crippen LogP) is 9.59. The fourth-order valence-electron chi connectivity index (χ4n) is 5.57. The van der Waals surface area contributed by atoms with Crippen molar-refractivity contribution in [3.8, 4) is 45.3 Å². The predicted molar refractivity (Wildman–Crippen MR) is 166 cm³/mol. The quantitative estimate of drug-likeness (QED) is 0.230. The zero-order valence-corrected chi connectivity index (χ0v) is 22.0. The molecule has 192 valence electrons. The Kier molecular flexibility index (Phi) is 5.42. The maximum atomic E-state index is 6.19. The van der Waals surface area contributed by atoms with Crippen LogP contribution in [0.15, 0.2) is 144 Å². The van der Waals surface area contributed by atoms with Gasteiger partial charge in [-0.2, -0.15) is 0 Å². The molecule has 4 heteroatoms. The van der Waals surface area contributed by atoms with Gasteiger partial charge >= 0.3 is 0 Å². The summed E-state index contributed by atoms with van der Waals surface area (Å²) in [6.07, 6.45) is 0. The van der Waals surface area contributed by atoms with Crippen LogP contribution in [0, 0.1) is 0 Å². The monoisotopic (exact) mass is 525 g/mol. The lowest BCUT2D eigenvalue weighted by Crippen LogP contribution is -2.01. The molecule has 0 amide bonds. The summed E-state index contributed by atoms with van der Waals surface area (Å²) in [4.78, 5) is 15.2. The van der Waals surface area contributed by atoms with Gasteiger partial charge in [0.25, 0.3) is 0 Å². The summed E-state index contributed by atoms with van der Waals surface area (Å²) in [5.41, 5.74) is 6.79. The lowest BCUT2D eigenvalue weighted by atomic mass is 10.0. The molecule has 6 aromatic carbocycles. The van der Waals surface area contributed by atoms with Crippen molar-refractivity contribution in [1.29, 1.82) is 0 Å². The van der Waals surface area contributed by atoms with Gasteiger partial charge in [-0.1, -0.05) is 127 Å². The molecule has 0 unspecified atom stereocenters. The highest BCUT2D eigenvalue weighted by Crippen LogP contribution is 2.37. The second kappa shape index (κ2) is 9.54. The van der Waals surface area contributed by atoms with E-state index in [-0.39, 0.29) is 0 Å². The standard InChI is InChI=1S/C37H23N3O/c1-2-10-24(11-3-1)25-20-22-27(23-21-25)35-38-36(29-16-8-13-26-12-4-5-14-28(26)29)40-37(39-35)31-17-9-19-33-34(31)30-15-6-7-18-32(30)41-33/h1-23H. The Bertz CT molecular complexity index is 2190. The molecule has 0 spiro atoms. The highest BCUT2D eigenvalue weighted by molar-refractivity contribution is 6.11. The zero-order chi connectivity index (χ0) is 27.2. The minimum absolute atomic E-state index is 0.613. The van der Waals surface area contributed by atoms with Crippen LogP contribution in [-0.2, 0) is 0 Å². The second-order valence-electron chi connectivity index (χ2n) is 10.1. The summed E-state index contributed by atoms with van der Waals surface area (Å²) >= 11 is 0. The minimum atomic E-state index is 0.613. The number of rotatable bonds is 4. The van der Waals surface area contributed by atoms with Crippen LogP contribution < -0.4 is 0 Å². The first-order valence-corrected chi connectivity index (χ1v) is 13.6. The van der Waals surface area contributed by atoms with Gasteiger partial charge in [-0.3, -0.25) is 0 Å². The molecule has 2 heterocycles. The SMILES string of the molecule is c1ccc(-c2ccc(-c3nc(-c4cccc5ccccc45)nc(-c4cccc5oc6ccccc6c45)n3)cc2)cc1. The number of fused-ring (bicyclic) bond motifs is 4. The third-order valence-corrected chi connectivity index (χ3v) is 7.56. The molecule has 2 aromatic heterocycles. The molecule has 0 aliphatic rings. The van der Waals surface area contributed by atoms with Crippen molar-refractivity contribution in [3.05, 3.63) is 140 Å². The molecule has 0 saturated carbocycles. The van der Waals surface area contributed by atoms with Crippen molar-refractivity contribution in [2.45, 2.75) is 0 Å². The van der Waals surface area contributed by atoms with Crippen molar-refractivity contribution in [1.82, 2.24) is 15.0 Å². The van der Waals surface area contributed by atoms with Crippen LogP contribution in [0.1, 0.15) is 0 Å². The van der Waals surface area contributed by atoms with E-state index in [4.69, 9.17) is 19.4 Å². The highest BCUT2D eigenvalue weighted by atomic mass is 16.3. The van der Waals surface area contributed by atoms with Gasteiger partial charge in [-0.15, -0.1) is 0 Å². The average Bonchev–Trinajstić information content (AvgIpc) is 3.44. The van der Waals surface area contributed by atoms with Crippen LogP contribution in [-0.4, -0.2) is 15.0 Å². The van der Waals surface area contributed by atoms with Crippen molar-refractivity contribution >= 4 is 32.7 Å². The Hall–Kier alpha value is -5.61. The van der Waals surface area contributed by atoms with E-state index >= 15 is 0 Å². The fraction of sp³-hybridized carbons (Fsp3) is 0. The largest absolute Gasteiger partial charge is 0.456 e. The molecule has 0 N–H and O–H groups in total. The highest BCUT2D eigenvalue weighted by Gasteiger charge is 2.18. The molecule has 8 rings (SSSR count). The lowest BCUT2D eigenvalue weighted by molar-refractivity contribution is 0.669. The molecule has 0 aliphatic carbocycles. The van der Waals surface area contributed by atoms with Crippen molar-refractivity contribution in [3.63, 3.8) is 0 Å². The Morgan fingerprint density at radius 1 is 0.366 bits per heavy atom. The van der Waals surface area contributed by atoms with Crippen LogP contribution in [0.2, 0.25) is 0 Å². The van der Waals surface area contributed by atoms with Gasteiger partial charge in [0.1, 0.15) is 11.2 Å².